The van der Waals surface area contributed by atoms with E-state index in [4.69, 9.17) is 5.73 Å². The van der Waals surface area contributed by atoms with Crippen LogP contribution < -0.4 is 5.73 Å². The fourth-order valence-corrected chi connectivity index (χ4v) is 2.17. The molecule has 2 aromatic rings. The van der Waals surface area contributed by atoms with E-state index in [1.165, 1.54) is 6.07 Å². The lowest BCUT2D eigenvalue weighted by atomic mass is 9.95. The minimum atomic E-state index is -0.864. The Morgan fingerprint density at radius 1 is 1.21 bits per heavy atom. The van der Waals surface area contributed by atoms with Crippen molar-refractivity contribution in [3.05, 3.63) is 29.6 Å². The highest BCUT2D eigenvalue weighted by Crippen LogP contribution is 2.27. The standard InChI is InChI=1S/C14H19F2N3/c1-14(2,3)13-18-11-7-9(15)10(16)8-12(11)19(13)6-4-5-17/h7-8H,4-6,17H2,1-3H3. The normalized spacial score (nSPS) is 12.3. The van der Waals surface area contributed by atoms with Crippen LogP contribution in [-0.2, 0) is 12.0 Å². The predicted molar refractivity (Wildman–Crippen MR) is 72.0 cm³/mol. The molecule has 0 saturated heterocycles. The van der Waals surface area contributed by atoms with Gasteiger partial charge in [-0.2, -0.15) is 0 Å². The molecule has 0 fully saturated rings. The van der Waals surface area contributed by atoms with Gasteiger partial charge in [-0.25, -0.2) is 13.8 Å². The first-order valence-electron chi connectivity index (χ1n) is 6.40. The molecule has 5 heteroatoms. The van der Waals surface area contributed by atoms with Gasteiger partial charge in [0.2, 0.25) is 0 Å². The van der Waals surface area contributed by atoms with E-state index in [0.717, 1.165) is 18.3 Å². The molecule has 2 rings (SSSR count). The molecule has 1 aromatic heterocycles. The van der Waals surface area contributed by atoms with Crippen LogP contribution in [0.15, 0.2) is 12.1 Å². The lowest BCUT2D eigenvalue weighted by molar-refractivity contribution is 0.496. The third-order valence-electron chi connectivity index (χ3n) is 3.05. The molecule has 2 N–H and O–H groups in total. The van der Waals surface area contributed by atoms with E-state index >= 15 is 0 Å². The van der Waals surface area contributed by atoms with Crippen LogP contribution in [0.25, 0.3) is 11.0 Å². The Bertz CT molecular complexity index is 597. The number of aryl methyl sites for hydroxylation is 1. The summed E-state index contributed by atoms with van der Waals surface area (Å²) in [5, 5.41) is 0. The highest BCUT2D eigenvalue weighted by atomic mass is 19.2. The van der Waals surface area contributed by atoms with Gasteiger partial charge in [0.15, 0.2) is 11.6 Å². The molecule has 104 valence electrons. The lowest BCUT2D eigenvalue weighted by Gasteiger charge is -2.20. The van der Waals surface area contributed by atoms with E-state index in [0.29, 0.717) is 24.1 Å². The van der Waals surface area contributed by atoms with Crippen molar-refractivity contribution >= 4 is 11.0 Å². The van der Waals surface area contributed by atoms with E-state index in [2.05, 4.69) is 4.98 Å². The quantitative estimate of drug-likeness (QED) is 0.929. The molecule has 19 heavy (non-hydrogen) atoms. The number of rotatable bonds is 3. The molecule has 0 bridgehead atoms. The van der Waals surface area contributed by atoms with Crippen LogP contribution in [0, 0.1) is 11.6 Å². The monoisotopic (exact) mass is 267 g/mol. The van der Waals surface area contributed by atoms with E-state index in [1.807, 2.05) is 25.3 Å². The third-order valence-corrected chi connectivity index (χ3v) is 3.05. The fourth-order valence-electron chi connectivity index (χ4n) is 2.17. The number of nitrogens with zero attached hydrogens (tertiary/aromatic N) is 2. The first-order valence-corrected chi connectivity index (χ1v) is 6.40. The molecular formula is C14H19F2N3. The summed E-state index contributed by atoms with van der Waals surface area (Å²) in [6.07, 6.45) is 0.771. The summed E-state index contributed by atoms with van der Waals surface area (Å²) < 4.78 is 28.6. The molecule has 1 heterocycles. The van der Waals surface area contributed by atoms with Crippen molar-refractivity contribution in [3.63, 3.8) is 0 Å². The first-order chi connectivity index (χ1) is 8.84. The van der Waals surface area contributed by atoms with Crippen molar-refractivity contribution in [2.75, 3.05) is 6.54 Å². The summed E-state index contributed by atoms with van der Waals surface area (Å²) in [5.74, 6) is -0.890. The molecule has 0 aliphatic carbocycles. The summed E-state index contributed by atoms with van der Waals surface area (Å²) in [6.45, 7) is 7.29. The maximum absolute atomic E-state index is 13.4. The van der Waals surface area contributed by atoms with Gasteiger partial charge in [-0.05, 0) is 13.0 Å². The zero-order valence-corrected chi connectivity index (χ0v) is 11.5. The van der Waals surface area contributed by atoms with Crippen LogP contribution in [0.3, 0.4) is 0 Å². The zero-order valence-electron chi connectivity index (χ0n) is 11.5. The topological polar surface area (TPSA) is 43.8 Å². The SMILES string of the molecule is CC(C)(C)c1nc2cc(F)c(F)cc2n1CCCN. The minimum Gasteiger partial charge on any atom is -0.330 e. The summed E-state index contributed by atoms with van der Waals surface area (Å²) in [4.78, 5) is 4.45. The molecule has 0 unspecified atom stereocenters. The molecule has 0 amide bonds. The second kappa shape index (κ2) is 4.89. The van der Waals surface area contributed by atoms with Crippen LogP contribution in [0.5, 0.6) is 0 Å². The number of hydrogen-bond donors (Lipinski definition) is 1. The second-order valence-electron chi connectivity index (χ2n) is 5.73. The van der Waals surface area contributed by atoms with Gasteiger partial charge >= 0.3 is 0 Å². The van der Waals surface area contributed by atoms with Crippen molar-refractivity contribution < 1.29 is 8.78 Å². The molecule has 0 aliphatic heterocycles. The van der Waals surface area contributed by atoms with E-state index in [9.17, 15) is 8.78 Å². The Labute approximate surface area is 111 Å². The van der Waals surface area contributed by atoms with Gasteiger partial charge in [0.05, 0.1) is 11.0 Å². The van der Waals surface area contributed by atoms with Gasteiger partial charge < -0.3 is 10.3 Å². The van der Waals surface area contributed by atoms with Crippen molar-refractivity contribution in [1.29, 1.82) is 0 Å². The summed E-state index contributed by atoms with van der Waals surface area (Å²) in [7, 11) is 0. The first kappa shape index (κ1) is 13.9. The Morgan fingerprint density at radius 3 is 2.42 bits per heavy atom. The summed E-state index contributed by atoms with van der Waals surface area (Å²) >= 11 is 0. The lowest BCUT2D eigenvalue weighted by Crippen LogP contribution is -2.20. The second-order valence-corrected chi connectivity index (χ2v) is 5.73. The van der Waals surface area contributed by atoms with Crippen LogP contribution in [-0.4, -0.2) is 16.1 Å². The maximum atomic E-state index is 13.4. The van der Waals surface area contributed by atoms with Crippen molar-refractivity contribution in [2.45, 2.75) is 39.2 Å². The third kappa shape index (κ3) is 2.61. The number of halogens is 2. The minimum absolute atomic E-state index is 0.194. The summed E-state index contributed by atoms with van der Waals surface area (Å²) in [6, 6.07) is 2.36. The number of aromatic nitrogens is 2. The highest BCUT2D eigenvalue weighted by molar-refractivity contribution is 5.76. The van der Waals surface area contributed by atoms with Gasteiger partial charge in [0.1, 0.15) is 5.82 Å². The Balaban J connectivity index is 2.67. The number of hydrogen-bond acceptors (Lipinski definition) is 2. The van der Waals surface area contributed by atoms with Crippen LogP contribution in [0.1, 0.15) is 33.0 Å². The smallest absolute Gasteiger partial charge is 0.161 e. The van der Waals surface area contributed by atoms with E-state index in [1.54, 1.807) is 0 Å². The molecule has 0 aliphatic rings. The molecule has 1 aromatic carbocycles. The molecular weight excluding hydrogens is 248 g/mol. The number of nitrogens with two attached hydrogens (primary N) is 1. The highest BCUT2D eigenvalue weighted by Gasteiger charge is 2.23. The van der Waals surface area contributed by atoms with Crippen LogP contribution in [0.4, 0.5) is 8.78 Å². The van der Waals surface area contributed by atoms with E-state index < -0.39 is 11.6 Å². The maximum Gasteiger partial charge on any atom is 0.161 e. The molecule has 0 spiro atoms. The number of imidazole rings is 1. The van der Waals surface area contributed by atoms with Crippen LogP contribution in [0.2, 0.25) is 0 Å². The summed E-state index contributed by atoms with van der Waals surface area (Å²) in [5.41, 5.74) is 6.45. The van der Waals surface area contributed by atoms with Gasteiger partial charge in [0, 0.05) is 24.1 Å². The predicted octanol–water partition coefficient (Wildman–Crippen LogP) is 2.96. The van der Waals surface area contributed by atoms with Gasteiger partial charge in [0.25, 0.3) is 0 Å². The molecule has 0 atom stereocenters. The largest absolute Gasteiger partial charge is 0.330 e. The van der Waals surface area contributed by atoms with Crippen molar-refractivity contribution in [2.24, 2.45) is 5.73 Å². The Hall–Kier alpha value is -1.49. The number of benzene rings is 1. The molecule has 0 radical (unpaired) electrons. The Morgan fingerprint density at radius 2 is 1.84 bits per heavy atom. The average Bonchev–Trinajstić information content (AvgIpc) is 2.65. The zero-order chi connectivity index (χ0) is 14.2. The molecule has 3 nitrogen and oxygen atoms in total. The van der Waals surface area contributed by atoms with Gasteiger partial charge in [-0.1, -0.05) is 20.8 Å². The number of fused-ring (bicyclic) bond motifs is 1. The average molecular weight is 267 g/mol. The van der Waals surface area contributed by atoms with Gasteiger partial charge in [-0.3, -0.25) is 0 Å². The van der Waals surface area contributed by atoms with Crippen molar-refractivity contribution in [1.82, 2.24) is 9.55 Å². The fraction of sp³-hybridized carbons (Fsp3) is 0.500. The van der Waals surface area contributed by atoms with E-state index in [-0.39, 0.29) is 5.41 Å². The van der Waals surface area contributed by atoms with Crippen molar-refractivity contribution in [3.8, 4) is 0 Å². The van der Waals surface area contributed by atoms with Crippen LogP contribution >= 0.6 is 0 Å². The molecule has 0 saturated carbocycles. The van der Waals surface area contributed by atoms with Gasteiger partial charge in [-0.15, -0.1) is 0 Å². The Kier molecular flexibility index (Phi) is 3.58.